The molecule has 0 aromatic carbocycles. The minimum atomic E-state index is -4.44. The van der Waals surface area contributed by atoms with Crippen molar-refractivity contribution in [1.82, 2.24) is 14.6 Å². The lowest BCUT2D eigenvalue weighted by molar-refractivity contribution is -0.137. The number of sulfonamides is 1. The van der Waals surface area contributed by atoms with Gasteiger partial charge in [-0.05, 0) is 6.07 Å². The van der Waals surface area contributed by atoms with Crippen molar-refractivity contribution in [3.8, 4) is 0 Å². The molecule has 2 fully saturated rings. The Bertz CT molecular complexity index is 668. The summed E-state index contributed by atoms with van der Waals surface area (Å²) in [7, 11) is -3.31. The van der Waals surface area contributed by atoms with E-state index in [1.54, 1.807) is 4.90 Å². The van der Waals surface area contributed by atoms with E-state index >= 15 is 0 Å². The standard InChI is InChI=1S/C13H17F3N4O2S/c14-13(15,16)10-5-11(7-17-6-10)19-1-3-20(4-2-19)23(21,22)12-8-18-9-12/h5-7,12,18H,1-4,8-9H2. The van der Waals surface area contributed by atoms with Gasteiger partial charge in [0.25, 0.3) is 0 Å². The summed E-state index contributed by atoms with van der Waals surface area (Å²) in [5.74, 6) is 0. The van der Waals surface area contributed by atoms with Crippen LogP contribution in [0.1, 0.15) is 5.56 Å². The zero-order valence-corrected chi connectivity index (χ0v) is 13.1. The lowest BCUT2D eigenvalue weighted by atomic mass is 10.2. The van der Waals surface area contributed by atoms with E-state index in [9.17, 15) is 21.6 Å². The van der Waals surface area contributed by atoms with Gasteiger partial charge in [0.05, 0.1) is 17.4 Å². The van der Waals surface area contributed by atoms with Crippen LogP contribution >= 0.6 is 0 Å². The lowest BCUT2D eigenvalue weighted by Crippen LogP contribution is -2.59. The third kappa shape index (κ3) is 3.29. The molecule has 128 valence electrons. The Morgan fingerprint density at radius 3 is 2.30 bits per heavy atom. The Balaban J connectivity index is 1.67. The minimum Gasteiger partial charge on any atom is -0.368 e. The van der Waals surface area contributed by atoms with Gasteiger partial charge in [0.1, 0.15) is 5.25 Å². The number of anilines is 1. The first kappa shape index (κ1) is 16.5. The van der Waals surface area contributed by atoms with E-state index in [2.05, 4.69) is 10.3 Å². The molecule has 1 N–H and O–H groups in total. The average molecular weight is 350 g/mol. The third-order valence-electron chi connectivity index (χ3n) is 4.18. The van der Waals surface area contributed by atoms with Gasteiger partial charge in [0, 0.05) is 45.5 Å². The van der Waals surface area contributed by atoms with Crippen molar-refractivity contribution in [2.24, 2.45) is 0 Å². The molecule has 1 aromatic heterocycles. The van der Waals surface area contributed by atoms with Crippen LogP contribution in [0.4, 0.5) is 18.9 Å². The van der Waals surface area contributed by atoms with Gasteiger partial charge >= 0.3 is 6.18 Å². The molecule has 2 aliphatic rings. The number of aromatic nitrogens is 1. The van der Waals surface area contributed by atoms with Crippen molar-refractivity contribution in [3.63, 3.8) is 0 Å². The van der Waals surface area contributed by atoms with Crippen LogP contribution in [0, 0.1) is 0 Å². The van der Waals surface area contributed by atoms with Crippen LogP contribution in [0.3, 0.4) is 0 Å². The first-order valence-electron chi connectivity index (χ1n) is 7.25. The molecule has 2 saturated heterocycles. The fraction of sp³-hybridized carbons (Fsp3) is 0.615. The highest BCUT2D eigenvalue weighted by Gasteiger charge is 2.38. The molecule has 0 radical (unpaired) electrons. The molecule has 3 heterocycles. The zero-order valence-electron chi connectivity index (χ0n) is 12.3. The second-order valence-electron chi connectivity index (χ2n) is 5.64. The molecular formula is C13H17F3N4O2S. The first-order chi connectivity index (χ1) is 10.8. The molecule has 0 amide bonds. The fourth-order valence-electron chi connectivity index (χ4n) is 2.64. The maximum Gasteiger partial charge on any atom is 0.417 e. The van der Waals surface area contributed by atoms with Gasteiger partial charge in [-0.2, -0.15) is 17.5 Å². The largest absolute Gasteiger partial charge is 0.417 e. The van der Waals surface area contributed by atoms with E-state index in [0.29, 0.717) is 31.9 Å². The number of nitrogens with zero attached hydrogens (tertiary/aromatic N) is 3. The molecular weight excluding hydrogens is 333 g/mol. The van der Waals surface area contributed by atoms with Crippen LogP contribution in [0.25, 0.3) is 0 Å². The molecule has 10 heteroatoms. The Kier molecular flexibility index (Phi) is 4.23. The molecule has 0 aliphatic carbocycles. The maximum atomic E-state index is 12.7. The molecule has 0 bridgehead atoms. The Morgan fingerprint density at radius 1 is 1.13 bits per heavy atom. The second-order valence-corrected chi connectivity index (χ2v) is 7.85. The minimum absolute atomic E-state index is 0.273. The molecule has 0 spiro atoms. The predicted molar refractivity (Wildman–Crippen MR) is 78.6 cm³/mol. The highest BCUT2D eigenvalue weighted by Crippen LogP contribution is 2.31. The van der Waals surface area contributed by atoms with Crippen LogP contribution in [-0.2, 0) is 16.2 Å². The summed E-state index contributed by atoms with van der Waals surface area (Å²) in [4.78, 5) is 5.37. The van der Waals surface area contributed by atoms with Gasteiger partial charge in [0.2, 0.25) is 10.0 Å². The van der Waals surface area contributed by atoms with Crippen LogP contribution in [0.5, 0.6) is 0 Å². The van der Waals surface area contributed by atoms with Crippen LogP contribution in [0.2, 0.25) is 0 Å². The Morgan fingerprint density at radius 2 is 1.78 bits per heavy atom. The van der Waals surface area contributed by atoms with Crippen LogP contribution in [0.15, 0.2) is 18.5 Å². The maximum absolute atomic E-state index is 12.7. The summed E-state index contributed by atoms with van der Waals surface area (Å²) < 4.78 is 64.2. The fourth-order valence-corrected chi connectivity index (χ4v) is 4.39. The Hall–Kier alpha value is -1.39. The summed E-state index contributed by atoms with van der Waals surface area (Å²) >= 11 is 0. The SMILES string of the molecule is O=S(=O)(C1CNC1)N1CCN(c2cncc(C(F)(F)F)c2)CC1. The normalized spacial score (nSPS) is 21.3. The quantitative estimate of drug-likeness (QED) is 0.861. The van der Waals surface area contributed by atoms with Gasteiger partial charge in [0.15, 0.2) is 0 Å². The number of rotatable bonds is 3. The molecule has 23 heavy (non-hydrogen) atoms. The lowest BCUT2D eigenvalue weighted by Gasteiger charge is -2.39. The second kappa shape index (κ2) is 5.91. The first-order valence-corrected chi connectivity index (χ1v) is 8.75. The summed E-state index contributed by atoms with van der Waals surface area (Å²) in [6, 6.07) is 1.05. The van der Waals surface area contributed by atoms with E-state index < -0.39 is 21.8 Å². The number of nitrogens with one attached hydrogen (secondary N) is 1. The van der Waals surface area contributed by atoms with Gasteiger partial charge in [-0.15, -0.1) is 0 Å². The third-order valence-corrected chi connectivity index (χ3v) is 6.44. The van der Waals surface area contributed by atoms with E-state index in [0.717, 1.165) is 12.3 Å². The van der Waals surface area contributed by atoms with Gasteiger partial charge in [-0.1, -0.05) is 0 Å². The van der Waals surface area contributed by atoms with Gasteiger partial charge < -0.3 is 10.2 Å². The molecule has 2 aliphatic heterocycles. The highest BCUT2D eigenvalue weighted by molar-refractivity contribution is 7.89. The van der Waals surface area contributed by atoms with Crippen molar-refractivity contribution >= 4 is 15.7 Å². The van der Waals surface area contributed by atoms with Crippen LogP contribution < -0.4 is 10.2 Å². The average Bonchev–Trinajstić information content (AvgIpc) is 2.44. The number of piperazine rings is 1. The number of hydrogen-bond acceptors (Lipinski definition) is 5. The summed E-state index contributed by atoms with van der Waals surface area (Å²) in [6.45, 7) is 2.16. The number of halogens is 3. The monoisotopic (exact) mass is 350 g/mol. The molecule has 0 saturated carbocycles. The zero-order chi connectivity index (χ0) is 16.7. The topological polar surface area (TPSA) is 65.5 Å². The Labute approximate surface area is 132 Å². The van der Waals surface area contributed by atoms with Crippen molar-refractivity contribution in [2.75, 3.05) is 44.2 Å². The molecule has 0 atom stereocenters. The summed E-state index contributed by atoms with van der Waals surface area (Å²) in [5.41, 5.74) is -0.437. The summed E-state index contributed by atoms with van der Waals surface area (Å²) in [6.07, 6.45) is -2.28. The van der Waals surface area contributed by atoms with E-state index in [1.165, 1.54) is 10.5 Å². The number of pyridine rings is 1. The highest BCUT2D eigenvalue weighted by atomic mass is 32.2. The van der Waals surface area contributed by atoms with Crippen molar-refractivity contribution in [2.45, 2.75) is 11.4 Å². The van der Waals surface area contributed by atoms with Crippen molar-refractivity contribution < 1.29 is 21.6 Å². The molecule has 1 aromatic rings. The summed E-state index contributed by atoms with van der Waals surface area (Å²) in [5, 5.41) is 2.55. The number of alkyl halides is 3. The molecule has 3 rings (SSSR count). The smallest absolute Gasteiger partial charge is 0.368 e. The van der Waals surface area contributed by atoms with Crippen molar-refractivity contribution in [3.05, 3.63) is 24.0 Å². The van der Waals surface area contributed by atoms with Gasteiger partial charge in [-0.25, -0.2) is 8.42 Å². The van der Waals surface area contributed by atoms with E-state index in [4.69, 9.17) is 0 Å². The number of hydrogen-bond donors (Lipinski definition) is 1. The molecule has 0 unspecified atom stereocenters. The molecule has 6 nitrogen and oxygen atoms in total. The van der Waals surface area contributed by atoms with E-state index in [1.807, 2.05) is 0 Å². The van der Waals surface area contributed by atoms with Crippen molar-refractivity contribution in [1.29, 1.82) is 0 Å². The van der Waals surface area contributed by atoms with Crippen LogP contribution in [-0.4, -0.2) is 62.2 Å². The van der Waals surface area contributed by atoms with E-state index in [-0.39, 0.29) is 18.3 Å². The van der Waals surface area contributed by atoms with Gasteiger partial charge in [-0.3, -0.25) is 4.98 Å². The predicted octanol–water partition coefficient (Wildman–Crippen LogP) is 0.524.